The molecular weight excluding hydrogens is 679 g/mol. The number of benzene rings is 3. The number of hydrazone groups is 1. The van der Waals surface area contributed by atoms with Crippen molar-refractivity contribution in [2.45, 2.75) is 57.5 Å². The van der Waals surface area contributed by atoms with Gasteiger partial charge >= 0.3 is 5.97 Å². The maximum absolute atomic E-state index is 11.1. The second-order valence-corrected chi connectivity index (χ2v) is 13.0. The average Bonchev–Trinajstić information content (AvgIpc) is 3.61. The molecule has 52 heavy (non-hydrogen) atoms. The largest absolute Gasteiger partial charge is 0.496 e. The number of thiazole rings is 1. The minimum Gasteiger partial charge on any atom is -0.496 e. The highest BCUT2D eigenvalue weighted by Gasteiger charge is 2.22. The summed E-state index contributed by atoms with van der Waals surface area (Å²) in [6.45, 7) is 9.12. The highest BCUT2D eigenvalue weighted by atomic mass is 32.1. The lowest BCUT2D eigenvalue weighted by Crippen LogP contribution is -2.28. The van der Waals surface area contributed by atoms with Crippen LogP contribution in [0, 0.1) is 5.92 Å². The Morgan fingerprint density at radius 1 is 1.02 bits per heavy atom. The predicted octanol–water partition coefficient (Wildman–Crippen LogP) is 8.82. The third-order valence-electron chi connectivity index (χ3n) is 8.28. The monoisotopic (exact) mass is 727 g/mol. The summed E-state index contributed by atoms with van der Waals surface area (Å²) >= 11 is 1.61. The number of aldehydes is 2. The standard InChI is InChI=1S/C24H29N3OS.C14H16O5.C3H4O/c1-3-6-17-9-11-18(12-10-17)19-13-14-22(28-2)20(15-19)16-25-27-24-26-21-7-4-5-8-23(21)29-24;1-3-14(16)19-13(9-17-2)10-18-12-6-4-11(8-15)5-7-12;1-2-3-4/h4-5,7-8,13-18H,3,6,9-12H2,1-2H3,(H,26,27);3-8,13H,1,9-10H2,2H3;2-3H,1H2/b25-16+;;. The number of nitrogens with one attached hydrogen (secondary N) is 1. The van der Waals surface area contributed by atoms with Gasteiger partial charge in [-0.25, -0.2) is 9.78 Å². The second-order valence-electron chi connectivity index (χ2n) is 12.0. The highest BCUT2D eigenvalue weighted by molar-refractivity contribution is 7.22. The zero-order valence-electron chi connectivity index (χ0n) is 30.2. The van der Waals surface area contributed by atoms with Crippen molar-refractivity contribution >= 4 is 51.4 Å². The van der Waals surface area contributed by atoms with Crippen LogP contribution in [0.3, 0.4) is 0 Å². The molecule has 1 atom stereocenters. The van der Waals surface area contributed by atoms with Gasteiger partial charge in [0.15, 0.2) is 6.10 Å². The Balaban J connectivity index is 0.000000274. The SMILES string of the molecule is C=CC(=O)OC(COC)COc1ccc(C=O)cc1.C=CC=O.CCCC1CCC(c2ccc(OC)c(/C=N/Nc3nc4ccccc4s3)c2)CC1. The number of methoxy groups -OCH3 is 2. The Bertz CT molecular complexity index is 1690. The smallest absolute Gasteiger partial charge is 0.330 e. The van der Waals surface area contributed by atoms with Crippen LogP contribution in [0.5, 0.6) is 11.5 Å². The van der Waals surface area contributed by atoms with Gasteiger partial charge in [-0.15, -0.1) is 0 Å². The molecule has 0 radical (unpaired) electrons. The van der Waals surface area contributed by atoms with E-state index in [1.54, 1.807) is 42.7 Å². The van der Waals surface area contributed by atoms with Gasteiger partial charge in [0.2, 0.25) is 5.13 Å². The van der Waals surface area contributed by atoms with Crippen molar-refractivity contribution in [2.24, 2.45) is 11.0 Å². The number of esters is 1. The number of carbonyl (C=O) groups is 3. The van der Waals surface area contributed by atoms with E-state index in [-0.39, 0.29) is 13.2 Å². The quantitative estimate of drug-likeness (QED) is 0.0396. The van der Waals surface area contributed by atoms with Gasteiger partial charge in [-0.1, -0.05) is 62.5 Å². The first-order chi connectivity index (χ1) is 25.4. The van der Waals surface area contributed by atoms with Crippen molar-refractivity contribution in [1.29, 1.82) is 0 Å². The van der Waals surface area contributed by atoms with Crippen LogP contribution in [0.4, 0.5) is 5.13 Å². The number of carbonyl (C=O) groups excluding carboxylic acids is 3. The summed E-state index contributed by atoms with van der Waals surface area (Å²) in [4.78, 5) is 35.2. The Morgan fingerprint density at radius 3 is 2.37 bits per heavy atom. The van der Waals surface area contributed by atoms with Gasteiger partial charge < -0.3 is 18.9 Å². The van der Waals surface area contributed by atoms with Crippen LogP contribution in [-0.2, 0) is 19.1 Å². The normalized spacial score (nSPS) is 15.5. The molecule has 1 heterocycles. The molecule has 1 unspecified atom stereocenters. The van der Waals surface area contributed by atoms with Crippen molar-refractivity contribution in [3.63, 3.8) is 0 Å². The van der Waals surface area contributed by atoms with Crippen molar-refractivity contribution in [1.82, 2.24) is 4.98 Å². The van der Waals surface area contributed by atoms with Crippen LogP contribution in [0.15, 0.2) is 97.1 Å². The number of rotatable bonds is 16. The average molecular weight is 728 g/mol. The maximum Gasteiger partial charge on any atom is 0.330 e. The molecule has 4 aromatic rings. The summed E-state index contributed by atoms with van der Waals surface area (Å²) in [5, 5.41) is 5.23. The van der Waals surface area contributed by atoms with Gasteiger partial charge in [-0.2, -0.15) is 5.10 Å². The molecule has 11 heteroatoms. The lowest BCUT2D eigenvalue weighted by Gasteiger charge is -2.29. The van der Waals surface area contributed by atoms with Crippen molar-refractivity contribution in [3.8, 4) is 11.5 Å². The van der Waals surface area contributed by atoms with E-state index in [0.717, 1.165) is 44.9 Å². The van der Waals surface area contributed by atoms with Gasteiger partial charge in [0.25, 0.3) is 0 Å². The molecular formula is C41H49N3O7S. The fourth-order valence-electron chi connectivity index (χ4n) is 5.72. The first-order valence-corrected chi connectivity index (χ1v) is 18.1. The number of hydrogen-bond donors (Lipinski definition) is 1. The van der Waals surface area contributed by atoms with E-state index in [9.17, 15) is 9.59 Å². The number of nitrogens with zero attached hydrogens (tertiary/aromatic N) is 2. The molecule has 276 valence electrons. The van der Waals surface area contributed by atoms with Gasteiger partial charge in [-0.05, 0) is 97.7 Å². The Hall–Kier alpha value is -5.13. The fourth-order valence-corrected chi connectivity index (χ4v) is 6.54. The highest BCUT2D eigenvalue weighted by Crippen LogP contribution is 2.38. The molecule has 0 saturated heterocycles. The first kappa shape index (κ1) is 41.3. The number of fused-ring (bicyclic) bond motifs is 1. The minimum atomic E-state index is -0.526. The van der Waals surface area contributed by atoms with Crippen LogP contribution in [0.2, 0.25) is 0 Å². The molecule has 1 N–H and O–H groups in total. The number of ether oxygens (including phenoxy) is 4. The van der Waals surface area contributed by atoms with E-state index >= 15 is 0 Å². The van der Waals surface area contributed by atoms with E-state index in [2.05, 4.69) is 59.9 Å². The summed E-state index contributed by atoms with van der Waals surface area (Å²) in [6, 6.07) is 21.3. The molecule has 1 saturated carbocycles. The summed E-state index contributed by atoms with van der Waals surface area (Å²) in [5.74, 6) is 2.48. The fraction of sp³-hybridized carbons (Fsp3) is 0.341. The number of allylic oxidation sites excluding steroid dienone is 1. The van der Waals surface area contributed by atoms with Crippen LogP contribution in [0.25, 0.3) is 10.2 Å². The number of aromatic nitrogens is 1. The summed E-state index contributed by atoms with van der Waals surface area (Å²) < 4.78 is 22.1. The van der Waals surface area contributed by atoms with E-state index in [1.807, 2.05) is 24.4 Å². The number of para-hydroxylation sites is 1. The molecule has 10 nitrogen and oxygen atoms in total. The minimum absolute atomic E-state index is 0.161. The zero-order chi connectivity index (χ0) is 37.6. The maximum atomic E-state index is 11.1. The van der Waals surface area contributed by atoms with Crippen LogP contribution >= 0.6 is 11.3 Å². The van der Waals surface area contributed by atoms with E-state index in [4.69, 9.17) is 23.7 Å². The zero-order valence-corrected chi connectivity index (χ0v) is 31.0. The third-order valence-corrected chi connectivity index (χ3v) is 9.22. The first-order valence-electron chi connectivity index (χ1n) is 17.3. The van der Waals surface area contributed by atoms with Gasteiger partial charge in [0.1, 0.15) is 30.7 Å². The molecule has 1 aliphatic rings. The molecule has 1 fully saturated rings. The van der Waals surface area contributed by atoms with Crippen LogP contribution < -0.4 is 14.9 Å². The Kier molecular flexibility index (Phi) is 18.6. The molecule has 1 aromatic heterocycles. The van der Waals surface area contributed by atoms with Crippen molar-refractivity contribution < 1.29 is 33.3 Å². The molecule has 0 aliphatic heterocycles. The summed E-state index contributed by atoms with van der Waals surface area (Å²) in [5.41, 5.74) is 7.05. The second kappa shape index (κ2) is 23.4. The van der Waals surface area contributed by atoms with Gasteiger partial charge in [0, 0.05) is 24.3 Å². The van der Waals surface area contributed by atoms with Crippen molar-refractivity contribution in [3.05, 3.63) is 109 Å². The van der Waals surface area contributed by atoms with E-state index in [1.165, 1.54) is 57.3 Å². The Morgan fingerprint density at radius 2 is 1.75 bits per heavy atom. The summed E-state index contributed by atoms with van der Waals surface area (Å²) in [6.07, 6.45) is 13.0. The van der Waals surface area contributed by atoms with E-state index in [0.29, 0.717) is 23.5 Å². The number of anilines is 1. The Labute approximate surface area is 310 Å². The summed E-state index contributed by atoms with van der Waals surface area (Å²) in [7, 11) is 3.22. The topological polar surface area (TPSA) is 125 Å². The van der Waals surface area contributed by atoms with E-state index < -0.39 is 12.1 Å². The predicted molar refractivity (Wildman–Crippen MR) is 209 cm³/mol. The molecule has 5 rings (SSSR count). The van der Waals surface area contributed by atoms with Crippen molar-refractivity contribution in [2.75, 3.05) is 32.9 Å². The number of hydrogen-bond acceptors (Lipinski definition) is 11. The lowest BCUT2D eigenvalue weighted by atomic mass is 9.77. The van der Waals surface area contributed by atoms with Gasteiger partial charge in [-0.3, -0.25) is 15.0 Å². The molecule has 0 bridgehead atoms. The molecule has 0 spiro atoms. The van der Waals surface area contributed by atoms with Gasteiger partial charge in [0.05, 0.1) is 30.1 Å². The molecule has 3 aromatic carbocycles. The molecule has 1 aliphatic carbocycles. The van der Waals surface area contributed by atoms with Crippen LogP contribution in [-0.4, -0.2) is 63.3 Å². The third kappa shape index (κ3) is 13.9. The molecule has 0 amide bonds. The van der Waals surface area contributed by atoms with Crippen LogP contribution in [0.1, 0.15) is 72.9 Å². The lowest BCUT2D eigenvalue weighted by molar-refractivity contribution is -0.147.